The van der Waals surface area contributed by atoms with Crippen molar-refractivity contribution in [2.45, 2.75) is 38.6 Å². The van der Waals surface area contributed by atoms with Crippen LogP contribution in [-0.2, 0) is 12.8 Å². The molecule has 0 spiro atoms. The molecule has 1 fully saturated rings. The lowest BCUT2D eigenvalue weighted by Crippen LogP contribution is -2.49. The summed E-state index contributed by atoms with van der Waals surface area (Å²) in [5, 5.41) is 3.10. The predicted molar refractivity (Wildman–Crippen MR) is 151 cm³/mol. The van der Waals surface area contributed by atoms with Crippen molar-refractivity contribution in [1.82, 2.24) is 4.90 Å². The van der Waals surface area contributed by atoms with E-state index in [2.05, 4.69) is 41.4 Å². The molecule has 7 heteroatoms. The van der Waals surface area contributed by atoms with E-state index in [0.717, 1.165) is 79.3 Å². The lowest BCUT2D eigenvalue weighted by molar-refractivity contribution is 0.0989. The Morgan fingerprint density at radius 1 is 0.921 bits per heavy atom. The number of carbonyl (C=O) groups excluding carboxylic acids is 2. The Morgan fingerprint density at radius 3 is 2.55 bits per heavy atom. The Hall–Kier alpha value is -4.00. The first-order chi connectivity index (χ1) is 18.5. The van der Waals surface area contributed by atoms with Gasteiger partial charge in [-0.15, -0.1) is 0 Å². The molecular formula is C31H34N4O3. The average molecular weight is 511 g/mol. The molecule has 6 rings (SSSR count). The van der Waals surface area contributed by atoms with Crippen LogP contribution >= 0.6 is 0 Å². The van der Waals surface area contributed by atoms with Gasteiger partial charge in [-0.1, -0.05) is 23.8 Å². The molecule has 38 heavy (non-hydrogen) atoms. The summed E-state index contributed by atoms with van der Waals surface area (Å²) in [5.41, 5.74) is 7.27. The maximum absolute atomic E-state index is 13.4. The number of anilines is 3. The van der Waals surface area contributed by atoms with Gasteiger partial charge >= 0.3 is 6.03 Å². The summed E-state index contributed by atoms with van der Waals surface area (Å²) in [6, 6.07) is 20.3. The van der Waals surface area contributed by atoms with Gasteiger partial charge in [0.25, 0.3) is 5.91 Å². The van der Waals surface area contributed by atoms with Crippen molar-refractivity contribution in [1.29, 1.82) is 0 Å². The minimum Gasteiger partial charge on any atom is -0.497 e. The van der Waals surface area contributed by atoms with E-state index in [4.69, 9.17) is 4.74 Å². The van der Waals surface area contributed by atoms with Crippen LogP contribution in [0.5, 0.6) is 5.75 Å². The van der Waals surface area contributed by atoms with Gasteiger partial charge in [-0.25, -0.2) is 4.79 Å². The van der Waals surface area contributed by atoms with Crippen molar-refractivity contribution in [2.75, 3.05) is 48.4 Å². The van der Waals surface area contributed by atoms with Gasteiger partial charge < -0.3 is 24.8 Å². The summed E-state index contributed by atoms with van der Waals surface area (Å²) in [7, 11) is 1.66. The normalized spacial score (nSPS) is 17.5. The molecule has 0 unspecified atom stereocenters. The van der Waals surface area contributed by atoms with Gasteiger partial charge in [0.05, 0.1) is 7.11 Å². The van der Waals surface area contributed by atoms with Crippen LogP contribution in [0, 0.1) is 6.92 Å². The van der Waals surface area contributed by atoms with E-state index < -0.39 is 0 Å². The number of nitrogens with zero attached hydrogens (tertiary/aromatic N) is 3. The van der Waals surface area contributed by atoms with Gasteiger partial charge in [0.1, 0.15) is 5.75 Å². The fourth-order valence-electron chi connectivity index (χ4n) is 6.07. The number of piperidine rings is 1. The van der Waals surface area contributed by atoms with Crippen LogP contribution in [0.2, 0.25) is 0 Å². The van der Waals surface area contributed by atoms with E-state index in [1.807, 2.05) is 46.2 Å². The number of hydrogen-bond acceptors (Lipinski definition) is 4. The fourth-order valence-corrected chi connectivity index (χ4v) is 6.07. The smallest absolute Gasteiger partial charge is 0.322 e. The summed E-state index contributed by atoms with van der Waals surface area (Å²) in [6.45, 7) is 5.20. The van der Waals surface area contributed by atoms with E-state index in [1.165, 1.54) is 11.1 Å². The third-order valence-electron chi connectivity index (χ3n) is 8.18. The highest BCUT2D eigenvalue weighted by Crippen LogP contribution is 2.32. The molecule has 3 amide bonds. The number of carbonyl (C=O) groups is 2. The van der Waals surface area contributed by atoms with E-state index in [0.29, 0.717) is 6.54 Å². The molecule has 0 saturated carbocycles. The van der Waals surface area contributed by atoms with Crippen LogP contribution in [0.4, 0.5) is 21.9 Å². The zero-order valence-corrected chi connectivity index (χ0v) is 22.1. The van der Waals surface area contributed by atoms with Crippen molar-refractivity contribution in [3.63, 3.8) is 0 Å². The first-order valence-electron chi connectivity index (χ1n) is 13.5. The second kappa shape index (κ2) is 10.0. The van der Waals surface area contributed by atoms with Crippen molar-refractivity contribution in [3.8, 4) is 5.75 Å². The summed E-state index contributed by atoms with van der Waals surface area (Å²) < 4.78 is 5.36. The number of amides is 3. The maximum Gasteiger partial charge on any atom is 0.322 e. The Kier molecular flexibility index (Phi) is 6.44. The van der Waals surface area contributed by atoms with Crippen molar-refractivity contribution < 1.29 is 14.3 Å². The third kappa shape index (κ3) is 4.57. The molecule has 3 heterocycles. The molecule has 196 valence electrons. The first kappa shape index (κ1) is 24.3. The first-order valence-corrected chi connectivity index (χ1v) is 13.5. The number of benzene rings is 3. The van der Waals surface area contributed by atoms with Crippen LogP contribution in [0.15, 0.2) is 60.7 Å². The SMILES string of the molecule is COc1ccc2c(c1)CCN(C1CCN(c3cccc(C(=O)N4CCc5cc(C)ccc54)c3)CC1)C(=O)N2. The number of ether oxygens (including phenoxy) is 1. The van der Waals surface area contributed by atoms with Gasteiger partial charge in [-0.2, -0.15) is 0 Å². The van der Waals surface area contributed by atoms with E-state index in [-0.39, 0.29) is 18.0 Å². The molecule has 1 N–H and O–H groups in total. The van der Waals surface area contributed by atoms with Crippen LogP contribution in [0.3, 0.4) is 0 Å². The summed E-state index contributed by atoms with van der Waals surface area (Å²) in [5.74, 6) is 0.867. The second-order valence-corrected chi connectivity index (χ2v) is 10.5. The summed E-state index contributed by atoms with van der Waals surface area (Å²) in [6.07, 6.45) is 3.49. The quantitative estimate of drug-likeness (QED) is 0.520. The molecule has 7 nitrogen and oxygen atoms in total. The standard InChI is InChI=1S/C31H34N4O3/c1-21-6-9-29-23(18-21)11-17-35(29)30(36)24-4-3-5-26(19-24)33-14-12-25(13-15-33)34-16-10-22-20-27(38-2)7-8-28(22)32-31(34)37/h3-9,18-20,25H,10-17H2,1-2H3,(H,32,37). The molecule has 1 saturated heterocycles. The number of aryl methyl sites for hydroxylation is 1. The Morgan fingerprint density at radius 2 is 1.74 bits per heavy atom. The highest BCUT2D eigenvalue weighted by atomic mass is 16.5. The topological polar surface area (TPSA) is 65.1 Å². The van der Waals surface area contributed by atoms with Crippen molar-refractivity contribution >= 4 is 29.0 Å². The van der Waals surface area contributed by atoms with Crippen LogP contribution < -0.4 is 19.9 Å². The van der Waals surface area contributed by atoms with Crippen LogP contribution in [0.1, 0.15) is 39.9 Å². The molecule has 0 radical (unpaired) electrons. The van der Waals surface area contributed by atoms with E-state index in [9.17, 15) is 9.59 Å². The number of fused-ring (bicyclic) bond motifs is 2. The Balaban J connectivity index is 1.11. The number of rotatable bonds is 4. The van der Waals surface area contributed by atoms with E-state index >= 15 is 0 Å². The Labute approximate surface area is 224 Å². The van der Waals surface area contributed by atoms with E-state index in [1.54, 1.807) is 7.11 Å². The lowest BCUT2D eigenvalue weighted by atomic mass is 10.0. The monoisotopic (exact) mass is 510 g/mol. The molecule has 3 aliphatic heterocycles. The number of nitrogens with one attached hydrogen (secondary N) is 1. The van der Waals surface area contributed by atoms with Gasteiger partial charge in [-0.3, -0.25) is 4.79 Å². The molecule has 0 bridgehead atoms. The number of hydrogen-bond donors (Lipinski definition) is 1. The van der Waals surface area contributed by atoms with Gasteiger partial charge in [-0.05, 0) is 86.2 Å². The lowest BCUT2D eigenvalue weighted by Gasteiger charge is -2.39. The number of methoxy groups -OCH3 is 1. The predicted octanol–water partition coefficient (Wildman–Crippen LogP) is 5.27. The molecule has 0 aliphatic carbocycles. The summed E-state index contributed by atoms with van der Waals surface area (Å²) in [4.78, 5) is 32.7. The third-order valence-corrected chi connectivity index (χ3v) is 8.18. The number of urea groups is 1. The second-order valence-electron chi connectivity index (χ2n) is 10.5. The van der Waals surface area contributed by atoms with Gasteiger partial charge in [0.2, 0.25) is 0 Å². The zero-order valence-electron chi connectivity index (χ0n) is 22.1. The van der Waals surface area contributed by atoms with Crippen molar-refractivity contribution in [3.05, 3.63) is 82.9 Å². The molecule has 0 aromatic heterocycles. The van der Waals surface area contributed by atoms with Crippen molar-refractivity contribution in [2.24, 2.45) is 0 Å². The van der Waals surface area contributed by atoms with Crippen LogP contribution in [-0.4, -0.2) is 56.2 Å². The molecule has 3 aliphatic rings. The molecule has 0 atom stereocenters. The zero-order chi connectivity index (χ0) is 26.2. The van der Waals surface area contributed by atoms with Gasteiger partial charge in [0, 0.05) is 54.8 Å². The molecule has 3 aromatic rings. The van der Waals surface area contributed by atoms with Gasteiger partial charge in [0.15, 0.2) is 0 Å². The molecule has 3 aromatic carbocycles. The average Bonchev–Trinajstić information content (AvgIpc) is 3.28. The maximum atomic E-state index is 13.4. The van der Waals surface area contributed by atoms with Crippen LogP contribution in [0.25, 0.3) is 0 Å². The fraction of sp³-hybridized carbons (Fsp3) is 0.355. The summed E-state index contributed by atoms with van der Waals surface area (Å²) >= 11 is 0. The minimum absolute atomic E-state index is 0.0268. The Bertz CT molecular complexity index is 1380. The highest BCUT2D eigenvalue weighted by Gasteiger charge is 2.31. The molecular weight excluding hydrogens is 476 g/mol. The highest BCUT2D eigenvalue weighted by molar-refractivity contribution is 6.07. The largest absolute Gasteiger partial charge is 0.497 e. The minimum atomic E-state index is -0.0268.